The van der Waals surface area contributed by atoms with E-state index >= 15 is 0 Å². The standard InChI is InChI=1S/C9H8ClF/c10-7-1-2-8-3-5-9(11)6-4-8/h1-6H,7H2. The average Bonchev–Trinajstić information content (AvgIpc) is 2.04. The molecule has 0 amide bonds. The fourth-order valence-corrected chi connectivity index (χ4v) is 0.844. The number of hydrogen-bond acceptors (Lipinski definition) is 0. The minimum atomic E-state index is -0.215. The molecule has 0 aliphatic rings. The second-order valence-electron chi connectivity index (χ2n) is 2.11. The van der Waals surface area contributed by atoms with Gasteiger partial charge in [-0.15, -0.1) is 11.6 Å². The van der Waals surface area contributed by atoms with E-state index in [1.807, 2.05) is 12.2 Å². The maximum atomic E-state index is 12.4. The van der Waals surface area contributed by atoms with E-state index in [2.05, 4.69) is 0 Å². The highest BCUT2D eigenvalue weighted by Gasteiger charge is 1.87. The van der Waals surface area contributed by atoms with Crippen molar-refractivity contribution in [3.05, 3.63) is 41.7 Å². The highest BCUT2D eigenvalue weighted by Crippen LogP contribution is 2.04. The molecule has 0 atom stereocenters. The van der Waals surface area contributed by atoms with Gasteiger partial charge in [-0.3, -0.25) is 0 Å². The molecule has 0 saturated carbocycles. The average molecular weight is 171 g/mol. The third-order valence-electron chi connectivity index (χ3n) is 1.27. The second kappa shape index (κ2) is 4.14. The summed E-state index contributed by atoms with van der Waals surface area (Å²) < 4.78 is 12.4. The third kappa shape index (κ3) is 2.72. The van der Waals surface area contributed by atoms with Gasteiger partial charge in [-0.25, -0.2) is 4.39 Å². The Morgan fingerprint density at radius 1 is 1.27 bits per heavy atom. The molecule has 0 aliphatic carbocycles. The van der Waals surface area contributed by atoms with E-state index in [-0.39, 0.29) is 5.82 Å². The van der Waals surface area contributed by atoms with Crippen LogP contribution in [0.3, 0.4) is 0 Å². The van der Waals surface area contributed by atoms with Crippen LogP contribution in [0, 0.1) is 5.82 Å². The quantitative estimate of drug-likeness (QED) is 0.599. The second-order valence-corrected chi connectivity index (χ2v) is 2.42. The molecule has 0 spiro atoms. The van der Waals surface area contributed by atoms with Crippen molar-refractivity contribution in [3.63, 3.8) is 0 Å². The number of alkyl halides is 1. The Bertz CT molecular complexity index is 238. The van der Waals surface area contributed by atoms with Gasteiger partial charge in [0.25, 0.3) is 0 Å². The van der Waals surface area contributed by atoms with E-state index in [9.17, 15) is 4.39 Å². The van der Waals surface area contributed by atoms with Gasteiger partial charge in [-0.2, -0.15) is 0 Å². The first-order chi connectivity index (χ1) is 5.33. The van der Waals surface area contributed by atoms with E-state index in [4.69, 9.17) is 11.6 Å². The summed E-state index contributed by atoms with van der Waals surface area (Å²) in [6.07, 6.45) is 3.67. The Morgan fingerprint density at radius 3 is 2.45 bits per heavy atom. The maximum Gasteiger partial charge on any atom is 0.123 e. The molecule has 0 unspecified atom stereocenters. The lowest BCUT2D eigenvalue weighted by Crippen LogP contribution is -1.73. The molecule has 0 radical (unpaired) electrons. The Balaban J connectivity index is 2.73. The van der Waals surface area contributed by atoms with Gasteiger partial charge < -0.3 is 0 Å². The predicted molar refractivity (Wildman–Crippen MR) is 46.2 cm³/mol. The van der Waals surface area contributed by atoms with E-state index in [0.29, 0.717) is 5.88 Å². The molecular weight excluding hydrogens is 163 g/mol. The highest BCUT2D eigenvalue weighted by atomic mass is 35.5. The number of halogens is 2. The van der Waals surface area contributed by atoms with Crippen LogP contribution in [0.1, 0.15) is 5.56 Å². The van der Waals surface area contributed by atoms with Gasteiger partial charge in [0.2, 0.25) is 0 Å². The van der Waals surface area contributed by atoms with Gasteiger partial charge in [0.05, 0.1) is 0 Å². The van der Waals surface area contributed by atoms with Crippen molar-refractivity contribution in [3.8, 4) is 0 Å². The fraction of sp³-hybridized carbons (Fsp3) is 0.111. The molecule has 0 aromatic heterocycles. The van der Waals surface area contributed by atoms with Gasteiger partial charge >= 0.3 is 0 Å². The van der Waals surface area contributed by atoms with Crippen LogP contribution in [0.15, 0.2) is 30.3 Å². The summed E-state index contributed by atoms with van der Waals surface area (Å²) in [5.74, 6) is 0.269. The summed E-state index contributed by atoms with van der Waals surface area (Å²) in [6, 6.07) is 6.26. The van der Waals surface area contributed by atoms with Crippen LogP contribution in [0.4, 0.5) is 4.39 Å². The van der Waals surface area contributed by atoms with Crippen LogP contribution in [-0.4, -0.2) is 5.88 Å². The molecule has 1 rings (SSSR count). The van der Waals surface area contributed by atoms with E-state index < -0.39 is 0 Å². The Hall–Kier alpha value is -0.820. The zero-order valence-corrected chi connectivity index (χ0v) is 6.68. The topological polar surface area (TPSA) is 0 Å². The zero-order valence-electron chi connectivity index (χ0n) is 5.93. The molecule has 11 heavy (non-hydrogen) atoms. The Labute approximate surface area is 70.3 Å². The van der Waals surface area contributed by atoms with Crippen molar-refractivity contribution in [2.24, 2.45) is 0 Å². The number of rotatable bonds is 2. The molecule has 2 heteroatoms. The minimum Gasteiger partial charge on any atom is -0.207 e. The normalized spacial score (nSPS) is 10.7. The van der Waals surface area contributed by atoms with Crippen LogP contribution in [-0.2, 0) is 0 Å². The molecule has 0 saturated heterocycles. The van der Waals surface area contributed by atoms with Crippen molar-refractivity contribution in [2.45, 2.75) is 0 Å². The fourth-order valence-electron chi connectivity index (χ4n) is 0.755. The number of hydrogen-bond donors (Lipinski definition) is 0. The van der Waals surface area contributed by atoms with E-state index in [1.54, 1.807) is 12.1 Å². The summed E-state index contributed by atoms with van der Waals surface area (Å²) in [5, 5.41) is 0. The lowest BCUT2D eigenvalue weighted by atomic mass is 10.2. The summed E-state index contributed by atoms with van der Waals surface area (Å²) in [5.41, 5.74) is 0.965. The van der Waals surface area contributed by atoms with Crippen LogP contribution in [0.5, 0.6) is 0 Å². The number of benzene rings is 1. The summed E-state index contributed by atoms with van der Waals surface area (Å²) in [6.45, 7) is 0. The lowest BCUT2D eigenvalue weighted by molar-refractivity contribution is 0.628. The first-order valence-electron chi connectivity index (χ1n) is 3.31. The van der Waals surface area contributed by atoms with Gasteiger partial charge in [0.1, 0.15) is 5.82 Å². The van der Waals surface area contributed by atoms with Crippen LogP contribution < -0.4 is 0 Å². The minimum absolute atomic E-state index is 0.215. The summed E-state index contributed by atoms with van der Waals surface area (Å²) in [7, 11) is 0. The van der Waals surface area contributed by atoms with Crippen molar-refractivity contribution < 1.29 is 4.39 Å². The van der Waals surface area contributed by atoms with Crippen molar-refractivity contribution in [1.82, 2.24) is 0 Å². The van der Waals surface area contributed by atoms with Crippen LogP contribution >= 0.6 is 11.6 Å². The molecular formula is C9H8ClF. The smallest absolute Gasteiger partial charge is 0.123 e. The molecule has 0 heterocycles. The molecule has 0 N–H and O–H groups in total. The van der Waals surface area contributed by atoms with E-state index in [0.717, 1.165) is 5.56 Å². The molecule has 0 fully saturated rings. The van der Waals surface area contributed by atoms with Crippen molar-refractivity contribution in [2.75, 3.05) is 5.88 Å². The van der Waals surface area contributed by atoms with Crippen molar-refractivity contribution in [1.29, 1.82) is 0 Å². The molecule has 1 aromatic rings. The third-order valence-corrected chi connectivity index (χ3v) is 1.45. The largest absolute Gasteiger partial charge is 0.207 e. The predicted octanol–water partition coefficient (Wildman–Crippen LogP) is 3.08. The SMILES string of the molecule is Fc1ccc(C=CCCl)cc1. The van der Waals surface area contributed by atoms with Gasteiger partial charge in [0.15, 0.2) is 0 Å². The first-order valence-corrected chi connectivity index (χ1v) is 3.84. The monoisotopic (exact) mass is 170 g/mol. The maximum absolute atomic E-state index is 12.4. The lowest BCUT2D eigenvalue weighted by Gasteiger charge is -1.90. The summed E-state index contributed by atoms with van der Waals surface area (Å²) >= 11 is 5.42. The van der Waals surface area contributed by atoms with Crippen LogP contribution in [0.25, 0.3) is 6.08 Å². The first kappa shape index (κ1) is 8.28. The molecule has 58 valence electrons. The molecule has 0 nitrogen and oxygen atoms in total. The Kier molecular flexibility index (Phi) is 3.12. The van der Waals surface area contributed by atoms with E-state index in [1.165, 1.54) is 12.1 Å². The van der Waals surface area contributed by atoms with Gasteiger partial charge in [-0.05, 0) is 17.7 Å². The number of allylic oxidation sites excluding steroid dienone is 1. The van der Waals surface area contributed by atoms with Gasteiger partial charge in [-0.1, -0.05) is 24.3 Å². The van der Waals surface area contributed by atoms with Gasteiger partial charge in [0, 0.05) is 5.88 Å². The summed E-state index contributed by atoms with van der Waals surface area (Å²) in [4.78, 5) is 0. The Morgan fingerprint density at radius 2 is 1.91 bits per heavy atom. The molecule has 1 aromatic carbocycles. The highest BCUT2D eigenvalue weighted by molar-refractivity contribution is 6.19. The van der Waals surface area contributed by atoms with Crippen LogP contribution in [0.2, 0.25) is 0 Å². The van der Waals surface area contributed by atoms with Crippen molar-refractivity contribution >= 4 is 17.7 Å². The zero-order chi connectivity index (χ0) is 8.10. The molecule has 0 aliphatic heterocycles. The molecule has 0 bridgehead atoms.